The molecular weight excluding hydrogens is 256 g/mol. The zero-order chi connectivity index (χ0) is 15.3. The van der Waals surface area contributed by atoms with Crippen LogP contribution in [0, 0.1) is 6.92 Å². The Labute approximate surface area is 119 Å². The van der Waals surface area contributed by atoms with E-state index in [0.717, 1.165) is 12.8 Å². The fourth-order valence-electron chi connectivity index (χ4n) is 1.91. The molecule has 0 aliphatic carbocycles. The van der Waals surface area contributed by atoms with Crippen LogP contribution in [0.25, 0.3) is 0 Å². The molecule has 1 aromatic carbocycles. The lowest BCUT2D eigenvalue weighted by atomic mass is 9.96. The van der Waals surface area contributed by atoms with Crippen molar-refractivity contribution >= 4 is 17.7 Å². The van der Waals surface area contributed by atoms with Crippen LogP contribution in [-0.2, 0) is 0 Å². The van der Waals surface area contributed by atoms with E-state index < -0.39 is 5.97 Å². The number of carboxylic acid groups (broad SMARTS) is 1. The average Bonchev–Trinajstić information content (AvgIpc) is 2.38. The van der Waals surface area contributed by atoms with Gasteiger partial charge < -0.3 is 15.7 Å². The van der Waals surface area contributed by atoms with Crippen molar-refractivity contribution in [2.24, 2.45) is 0 Å². The number of carbonyl (C=O) groups is 2. The van der Waals surface area contributed by atoms with Gasteiger partial charge in [-0.3, -0.25) is 0 Å². The van der Waals surface area contributed by atoms with Gasteiger partial charge in [-0.25, -0.2) is 9.59 Å². The average molecular weight is 278 g/mol. The summed E-state index contributed by atoms with van der Waals surface area (Å²) >= 11 is 0. The highest BCUT2D eigenvalue weighted by atomic mass is 16.4. The van der Waals surface area contributed by atoms with E-state index in [2.05, 4.69) is 10.6 Å². The number of anilines is 1. The van der Waals surface area contributed by atoms with Gasteiger partial charge in [0.15, 0.2) is 0 Å². The number of hydrogen-bond donors (Lipinski definition) is 3. The second kappa shape index (κ2) is 6.41. The Balaban J connectivity index is 2.92. The van der Waals surface area contributed by atoms with E-state index in [4.69, 9.17) is 0 Å². The van der Waals surface area contributed by atoms with E-state index in [1.54, 1.807) is 25.1 Å². The zero-order valence-electron chi connectivity index (χ0n) is 12.4. The van der Waals surface area contributed by atoms with Crippen LogP contribution in [0.2, 0.25) is 0 Å². The summed E-state index contributed by atoms with van der Waals surface area (Å²) in [5, 5.41) is 14.7. The number of aromatic carboxylic acids is 1. The van der Waals surface area contributed by atoms with Crippen molar-refractivity contribution in [3.8, 4) is 0 Å². The van der Waals surface area contributed by atoms with Gasteiger partial charge in [-0.2, -0.15) is 0 Å². The van der Waals surface area contributed by atoms with Gasteiger partial charge in [0.25, 0.3) is 0 Å². The molecule has 110 valence electrons. The molecule has 1 rings (SSSR count). The van der Waals surface area contributed by atoms with E-state index in [-0.39, 0.29) is 17.1 Å². The van der Waals surface area contributed by atoms with Crippen molar-refractivity contribution in [2.45, 2.75) is 46.1 Å². The highest BCUT2D eigenvalue weighted by Gasteiger charge is 2.23. The normalized spacial score (nSPS) is 11.0. The van der Waals surface area contributed by atoms with Gasteiger partial charge in [0, 0.05) is 5.54 Å². The summed E-state index contributed by atoms with van der Waals surface area (Å²) in [6.45, 7) is 7.66. The second-order valence-corrected chi connectivity index (χ2v) is 5.15. The van der Waals surface area contributed by atoms with Gasteiger partial charge in [0.05, 0.1) is 11.3 Å². The topological polar surface area (TPSA) is 78.4 Å². The molecule has 3 N–H and O–H groups in total. The SMILES string of the molecule is CCC(C)(CC)NC(=O)Nc1cccc(C)c1C(=O)O. The van der Waals surface area contributed by atoms with Crippen LogP contribution >= 0.6 is 0 Å². The molecule has 5 heteroatoms. The maximum absolute atomic E-state index is 12.0. The maximum Gasteiger partial charge on any atom is 0.338 e. The van der Waals surface area contributed by atoms with Crippen molar-refractivity contribution in [3.63, 3.8) is 0 Å². The van der Waals surface area contributed by atoms with Gasteiger partial charge in [0.1, 0.15) is 0 Å². The Morgan fingerprint density at radius 2 is 1.85 bits per heavy atom. The lowest BCUT2D eigenvalue weighted by Gasteiger charge is -2.28. The Hall–Kier alpha value is -2.04. The van der Waals surface area contributed by atoms with Crippen LogP contribution < -0.4 is 10.6 Å². The van der Waals surface area contributed by atoms with Gasteiger partial charge in [-0.05, 0) is 38.3 Å². The number of carboxylic acids is 1. The summed E-state index contributed by atoms with van der Waals surface area (Å²) in [4.78, 5) is 23.3. The Morgan fingerprint density at radius 1 is 1.25 bits per heavy atom. The fourth-order valence-corrected chi connectivity index (χ4v) is 1.91. The third-order valence-electron chi connectivity index (χ3n) is 3.71. The molecule has 0 aliphatic heterocycles. The molecule has 20 heavy (non-hydrogen) atoms. The van der Waals surface area contributed by atoms with Gasteiger partial charge in [0.2, 0.25) is 0 Å². The summed E-state index contributed by atoms with van der Waals surface area (Å²) in [6, 6.07) is 4.63. The Morgan fingerprint density at radius 3 is 2.35 bits per heavy atom. The quantitative estimate of drug-likeness (QED) is 0.772. The largest absolute Gasteiger partial charge is 0.478 e. The molecule has 0 spiro atoms. The minimum atomic E-state index is -1.05. The molecule has 0 fully saturated rings. The summed E-state index contributed by atoms with van der Waals surface area (Å²) in [5.41, 5.74) is 0.753. The first-order valence-electron chi connectivity index (χ1n) is 6.75. The molecule has 0 saturated heterocycles. The van der Waals surface area contributed by atoms with Crippen molar-refractivity contribution in [2.75, 3.05) is 5.32 Å². The number of rotatable bonds is 5. The van der Waals surface area contributed by atoms with E-state index in [1.165, 1.54) is 0 Å². The second-order valence-electron chi connectivity index (χ2n) is 5.15. The smallest absolute Gasteiger partial charge is 0.338 e. The molecule has 2 amide bonds. The fraction of sp³-hybridized carbons (Fsp3) is 0.467. The van der Waals surface area contributed by atoms with E-state index in [0.29, 0.717) is 11.3 Å². The molecule has 0 bridgehead atoms. The minimum absolute atomic E-state index is 0.123. The molecule has 0 aliphatic rings. The highest BCUT2D eigenvalue weighted by Crippen LogP contribution is 2.20. The molecular formula is C15H22N2O3. The first-order chi connectivity index (χ1) is 9.33. The van der Waals surface area contributed by atoms with Gasteiger partial charge in [-0.15, -0.1) is 0 Å². The molecule has 0 aromatic heterocycles. The predicted octanol–water partition coefficient (Wildman–Crippen LogP) is 3.39. The van der Waals surface area contributed by atoms with Gasteiger partial charge >= 0.3 is 12.0 Å². The van der Waals surface area contributed by atoms with Crippen molar-refractivity contribution in [3.05, 3.63) is 29.3 Å². The molecule has 0 atom stereocenters. The predicted molar refractivity (Wildman–Crippen MR) is 79.3 cm³/mol. The Bertz CT molecular complexity index is 508. The number of benzene rings is 1. The Kier molecular flexibility index (Phi) is 5.13. The summed E-state index contributed by atoms with van der Waals surface area (Å²) < 4.78 is 0. The molecule has 0 heterocycles. The summed E-state index contributed by atoms with van der Waals surface area (Å²) in [7, 11) is 0. The third-order valence-corrected chi connectivity index (χ3v) is 3.71. The van der Waals surface area contributed by atoms with E-state index >= 15 is 0 Å². The number of hydrogen-bond acceptors (Lipinski definition) is 2. The lowest BCUT2D eigenvalue weighted by Crippen LogP contribution is -2.47. The van der Waals surface area contributed by atoms with Crippen LogP contribution in [0.3, 0.4) is 0 Å². The molecule has 0 unspecified atom stereocenters. The number of carbonyl (C=O) groups excluding carboxylic acids is 1. The van der Waals surface area contributed by atoms with Gasteiger partial charge in [-0.1, -0.05) is 26.0 Å². The summed E-state index contributed by atoms with van der Waals surface area (Å²) in [5.74, 6) is -1.05. The van der Waals surface area contributed by atoms with Crippen LogP contribution in [0.1, 0.15) is 49.5 Å². The van der Waals surface area contributed by atoms with E-state index in [9.17, 15) is 14.7 Å². The zero-order valence-corrected chi connectivity index (χ0v) is 12.4. The minimum Gasteiger partial charge on any atom is -0.478 e. The summed E-state index contributed by atoms with van der Waals surface area (Å²) in [6.07, 6.45) is 1.60. The number of amides is 2. The van der Waals surface area contributed by atoms with Crippen molar-refractivity contribution in [1.29, 1.82) is 0 Å². The highest BCUT2D eigenvalue weighted by molar-refractivity contribution is 6.01. The monoisotopic (exact) mass is 278 g/mol. The number of nitrogens with one attached hydrogen (secondary N) is 2. The molecule has 5 nitrogen and oxygen atoms in total. The van der Waals surface area contributed by atoms with Crippen LogP contribution in [0.15, 0.2) is 18.2 Å². The first-order valence-corrected chi connectivity index (χ1v) is 6.75. The van der Waals surface area contributed by atoms with E-state index in [1.807, 2.05) is 20.8 Å². The van der Waals surface area contributed by atoms with Crippen molar-refractivity contribution < 1.29 is 14.7 Å². The number of urea groups is 1. The lowest BCUT2D eigenvalue weighted by molar-refractivity contribution is 0.0697. The maximum atomic E-state index is 12.0. The van der Waals surface area contributed by atoms with Crippen LogP contribution in [0.4, 0.5) is 10.5 Å². The van der Waals surface area contributed by atoms with Crippen molar-refractivity contribution in [1.82, 2.24) is 5.32 Å². The molecule has 0 radical (unpaired) electrons. The number of aryl methyl sites for hydroxylation is 1. The third kappa shape index (κ3) is 3.73. The first kappa shape index (κ1) is 16.0. The standard InChI is InChI=1S/C15H22N2O3/c1-5-15(4,6-2)17-14(20)16-11-9-7-8-10(3)12(11)13(18)19/h7-9H,5-6H2,1-4H3,(H,18,19)(H2,16,17,20). The molecule has 1 aromatic rings. The van der Waals surface area contributed by atoms with Crippen LogP contribution in [0.5, 0.6) is 0 Å². The van der Waals surface area contributed by atoms with Crippen LogP contribution in [-0.4, -0.2) is 22.6 Å². The molecule has 0 saturated carbocycles.